The zero-order valence-corrected chi connectivity index (χ0v) is 16.0. The van der Waals surface area contributed by atoms with E-state index in [0.717, 1.165) is 16.8 Å². The Hall–Kier alpha value is -3.38. The Morgan fingerprint density at radius 1 is 1.16 bits per heavy atom. The number of aromatic amines is 1. The monoisotopic (exact) mass is 447 g/mol. The van der Waals surface area contributed by atoms with Crippen molar-refractivity contribution in [3.05, 3.63) is 57.3 Å². The lowest BCUT2D eigenvalue weighted by atomic mass is 10.1. The van der Waals surface area contributed by atoms with Crippen LogP contribution < -0.4 is 10.9 Å². The molecule has 0 bridgehead atoms. The van der Waals surface area contributed by atoms with E-state index in [-0.39, 0.29) is 16.9 Å². The Bertz CT molecular complexity index is 1180. The molecule has 1 amide bonds. The Morgan fingerprint density at radius 3 is 2.32 bits per heavy atom. The fourth-order valence-corrected chi connectivity index (χ4v) is 2.94. The summed E-state index contributed by atoms with van der Waals surface area (Å²) < 4.78 is 76.9. The number of rotatable bonds is 4. The van der Waals surface area contributed by atoms with Gasteiger partial charge < -0.3 is 10.3 Å². The third-order valence-corrected chi connectivity index (χ3v) is 4.43. The van der Waals surface area contributed by atoms with Crippen molar-refractivity contribution in [1.82, 2.24) is 25.1 Å². The SMILES string of the molecule is Cc1nc2c(c(C(=O)NCC(F)(F)F)nn2[C@H](C)c2ccc(C(F)(F)F)cc2)c(=O)[nH]1. The van der Waals surface area contributed by atoms with Crippen LogP contribution in [0.5, 0.6) is 0 Å². The van der Waals surface area contributed by atoms with Gasteiger partial charge in [0.05, 0.1) is 11.6 Å². The van der Waals surface area contributed by atoms with Crippen LogP contribution in [0, 0.1) is 6.92 Å². The number of carbonyl (C=O) groups is 1. The fourth-order valence-electron chi connectivity index (χ4n) is 2.94. The number of amides is 1. The quantitative estimate of drug-likeness (QED) is 0.600. The number of fused-ring (bicyclic) bond motifs is 1. The summed E-state index contributed by atoms with van der Waals surface area (Å²) in [6, 6.07) is 3.33. The van der Waals surface area contributed by atoms with Gasteiger partial charge in [0, 0.05) is 0 Å². The van der Waals surface area contributed by atoms with Gasteiger partial charge in [-0.25, -0.2) is 9.67 Å². The van der Waals surface area contributed by atoms with E-state index in [4.69, 9.17) is 0 Å². The van der Waals surface area contributed by atoms with Gasteiger partial charge >= 0.3 is 12.4 Å². The van der Waals surface area contributed by atoms with Gasteiger partial charge in [0.25, 0.3) is 11.5 Å². The van der Waals surface area contributed by atoms with E-state index in [1.165, 1.54) is 26.0 Å². The van der Waals surface area contributed by atoms with Crippen LogP contribution in [0.3, 0.4) is 0 Å². The highest BCUT2D eigenvalue weighted by Crippen LogP contribution is 2.31. The van der Waals surface area contributed by atoms with Gasteiger partial charge in [-0.1, -0.05) is 12.1 Å². The van der Waals surface area contributed by atoms with Crippen LogP contribution in [-0.2, 0) is 6.18 Å². The number of aromatic nitrogens is 4. The third kappa shape index (κ3) is 4.70. The minimum atomic E-state index is -4.68. The first kappa shape index (κ1) is 22.3. The molecule has 2 N–H and O–H groups in total. The maximum absolute atomic E-state index is 12.8. The average molecular weight is 447 g/mol. The van der Waals surface area contributed by atoms with Crippen LogP contribution in [0.15, 0.2) is 29.1 Å². The average Bonchev–Trinajstić information content (AvgIpc) is 3.04. The van der Waals surface area contributed by atoms with Crippen LogP contribution in [0.25, 0.3) is 11.0 Å². The first-order valence-electron chi connectivity index (χ1n) is 8.79. The topological polar surface area (TPSA) is 92.7 Å². The maximum atomic E-state index is 12.8. The summed E-state index contributed by atoms with van der Waals surface area (Å²) in [6.07, 6.45) is -9.21. The Labute approximate surface area is 170 Å². The highest BCUT2D eigenvalue weighted by molar-refractivity contribution is 6.03. The van der Waals surface area contributed by atoms with E-state index in [0.29, 0.717) is 5.56 Å². The molecule has 2 aromatic heterocycles. The smallest absolute Gasteiger partial charge is 0.341 e. The van der Waals surface area contributed by atoms with Crippen molar-refractivity contribution in [3.63, 3.8) is 0 Å². The highest BCUT2D eigenvalue weighted by Gasteiger charge is 2.32. The summed E-state index contributed by atoms with van der Waals surface area (Å²) in [5, 5.41) is 5.29. The van der Waals surface area contributed by atoms with Crippen LogP contribution >= 0.6 is 0 Å². The molecular formula is C18H15F6N5O2. The number of alkyl halides is 6. The van der Waals surface area contributed by atoms with Gasteiger partial charge in [-0.05, 0) is 31.5 Å². The zero-order valence-electron chi connectivity index (χ0n) is 16.0. The van der Waals surface area contributed by atoms with Gasteiger partial charge in [0.1, 0.15) is 17.8 Å². The van der Waals surface area contributed by atoms with Crippen LogP contribution in [0.4, 0.5) is 26.3 Å². The van der Waals surface area contributed by atoms with Gasteiger partial charge in [-0.3, -0.25) is 9.59 Å². The Balaban J connectivity index is 2.08. The third-order valence-electron chi connectivity index (χ3n) is 4.43. The molecule has 0 saturated carbocycles. The summed E-state index contributed by atoms with van der Waals surface area (Å²) in [5.41, 5.74) is -1.98. The van der Waals surface area contributed by atoms with Gasteiger partial charge in [-0.2, -0.15) is 31.4 Å². The summed E-state index contributed by atoms with van der Waals surface area (Å²) in [5.74, 6) is -1.09. The molecule has 1 atom stereocenters. The number of nitrogens with one attached hydrogen (secondary N) is 2. The van der Waals surface area contributed by atoms with E-state index in [9.17, 15) is 35.9 Å². The Kier molecular flexibility index (Phi) is 5.54. The second kappa shape index (κ2) is 7.71. The van der Waals surface area contributed by atoms with Crippen LogP contribution in [0.1, 0.15) is 40.4 Å². The number of hydrogen-bond donors (Lipinski definition) is 2. The molecule has 13 heteroatoms. The summed E-state index contributed by atoms with van der Waals surface area (Å²) in [6.45, 7) is 1.35. The van der Waals surface area contributed by atoms with Crippen molar-refractivity contribution in [1.29, 1.82) is 0 Å². The molecule has 0 aliphatic rings. The molecule has 0 spiro atoms. The van der Waals surface area contributed by atoms with E-state index < -0.39 is 47.7 Å². The number of benzene rings is 1. The molecule has 0 aliphatic heterocycles. The van der Waals surface area contributed by atoms with E-state index in [1.54, 1.807) is 5.32 Å². The fraction of sp³-hybridized carbons (Fsp3) is 0.333. The molecule has 7 nitrogen and oxygen atoms in total. The first-order chi connectivity index (χ1) is 14.3. The number of nitrogens with zero attached hydrogens (tertiary/aromatic N) is 3. The van der Waals surface area contributed by atoms with E-state index in [1.807, 2.05) is 0 Å². The van der Waals surface area contributed by atoms with Gasteiger partial charge in [-0.15, -0.1) is 0 Å². The minimum absolute atomic E-state index is 0.0918. The lowest BCUT2D eigenvalue weighted by Gasteiger charge is -2.15. The first-order valence-corrected chi connectivity index (χ1v) is 8.79. The van der Waals surface area contributed by atoms with E-state index in [2.05, 4.69) is 15.1 Å². The number of hydrogen-bond acceptors (Lipinski definition) is 4. The predicted octanol–water partition coefficient (Wildman–Crippen LogP) is 3.35. The molecular weight excluding hydrogens is 432 g/mol. The normalized spacial score (nSPS) is 13.4. The van der Waals surface area contributed by atoms with E-state index >= 15 is 0 Å². The molecule has 1 aromatic carbocycles. The molecule has 0 unspecified atom stereocenters. The molecule has 3 aromatic rings. The van der Waals surface area contributed by atoms with Gasteiger partial charge in [0.15, 0.2) is 11.3 Å². The summed E-state index contributed by atoms with van der Waals surface area (Å²) in [4.78, 5) is 31.1. The van der Waals surface area contributed by atoms with Crippen LogP contribution in [-0.4, -0.2) is 38.4 Å². The minimum Gasteiger partial charge on any atom is -0.341 e. The zero-order chi connectivity index (χ0) is 23.1. The van der Waals surface area contributed by atoms with Crippen molar-refractivity contribution in [2.24, 2.45) is 0 Å². The second-order valence-corrected chi connectivity index (χ2v) is 6.74. The predicted molar refractivity (Wildman–Crippen MR) is 96.5 cm³/mol. The maximum Gasteiger partial charge on any atom is 0.416 e. The number of halogens is 6. The van der Waals surface area contributed by atoms with Crippen molar-refractivity contribution < 1.29 is 31.1 Å². The summed E-state index contributed by atoms with van der Waals surface area (Å²) >= 11 is 0. The standard InChI is InChI=1S/C18H15F6N5O2/c1-8(10-3-5-11(6-4-10)18(22,23)24)29-14-12(15(30)27-9(2)26-14)13(28-29)16(31)25-7-17(19,20)21/h3-6,8H,7H2,1-2H3,(H,25,31)(H,26,27,30)/t8-/m1/s1. The van der Waals surface area contributed by atoms with Crippen LogP contribution in [0.2, 0.25) is 0 Å². The largest absolute Gasteiger partial charge is 0.416 e. The number of aryl methyl sites for hydroxylation is 1. The van der Waals surface area contributed by atoms with Crippen molar-refractivity contribution in [2.45, 2.75) is 32.2 Å². The number of H-pyrrole nitrogens is 1. The molecule has 0 saturated heterocycles. The lowest BCUT2D eigenvalue weighted by Crippen LogP contribution is -2.34. The molecule has 0 radical (unpaired) electrons. The molecule has 31 heavy (non-hydrogen) atoms. The molecule has 3 rings (SSSR count). The lowest BCUT2D eigenvalue weighted by molar-refractivity contribution is -0.137. The molecule has 166 valence electrons. The second-order valence-electron chi connectivity index (χ2n) is 6.74. The van der Waals surface area contributed by atoms with Gasteiger partial charge in [0.2, 0.25) is 0 Å². The van der Waals surface area contributed by atoms with Crippen molar-refractivity contribution in [3.8, 4) is 0 Å². The van der Waals surface area contributed by atoms with Crippen molar-refractivity contribution in [2.75, 3.05) is 6.54 Å². The molecule has 0 fully saturated rings. The Morgan fingerprint density at radius 2 is 1.77 bits per heavy atom. The summed E-state index contributed by atoms with van der Waals surface area (Å²) in [7, 11) is 0. The molecule has 2 heterocycles. The van der Waals surface area contributed by atoms with Crippen molar-refractivity contribution >= 4 is 16.9 Å². The molecule has 0 aliphatic carbocycles. The highest BCUT2D eigenvalue weighted by atomic mass is 19.4. The number of carbonyl (C=O) groups excluding carboxylic acids is 1.